The molecule has 0 heterocycles. The summed E-state index contributed by atoms with van der Waals surface area (Å²) in [6, 6.07) is 5.24. The number of esters is 1. The molecule has 90 valence electrons. The van der Waals surface area contributed by atoms with Gasteiger partial charge in [-0.3, -0.25) is 0 Å². The summed E-state index contributed by atoms with van der Waals surface area (Å²) in [6.07, 6.45) is 0. The van der Waals surface area contributed by atoms with E-state index in [4.69, 9.17) is 0 Å². The number of methoxy groups -OCH3 is 1. The summed E-state index contributed by atoms with van der Waals surface area (Å²) >= 11 is 0. The SMILES string of the molecule is COC(=O)c1cccc(C#CC(C)(C)O)c1C. The first-order valence-electron chi connectivity index (χ1n) is 5.28. The Morgan fingerprint density at radius 3 is 2.59 bits per heavy atom. The van der Waals surface area contributed by atoms with Crippen LogP contribution in [0.3, 0.4) is 0 Å². The number of rotatable bonds is 1. The van der Waals surface area contributed by atoms with Gasteiger partial charge in [-0.1, -0.05) is 17.9 Å². The van der Waals surface area contributed by atoms with Gasteiger partial charge in [-0.15, -0.1) is 0 Å². The number of hydrogen-bond acceptors (Lipinski definition) is 3. The van der Waals surface area contributed by atoms with Crippen molar-refractivity contribution in [3.63, 3.8) is 0 Å². The Bertz CT molecular complexity index is 484. The van der Waals surface area contributed by atoms with Crippen molar-refractivity contribution in [1.82, 2.24) is 0 Å². The second kappa shape index (κ2) is 5.03. The molecule has 17 heavy (non-hydrogen) atoms. The fourth-order valence-corrected chi connectivity index (χ4v) is 1.32. The van der Waals surface area contributed by atoms with Crippen LogP contribution in [0.5, 0.6) is 0 Å². The van der Waals surface area contributed by atoms with Gasteiger partial charge in [0.05, 0.1) is 12.7 Å². The molecule has 0 saturated heterocycles. The van der Waals surface area contributed by atoms with E-state index in [1.807, 2.05) is 0 Å². The van der Waals surface area contributed by atoms with E-state index in [2.05, 4.69) is 16.6 Å². The van der Waals surface area contributed by atoms with E-state index >= 15 is 0 Å². The minimum absolute atomic E-state index is 0.380. The molecule has 0 spiro atoms. The van der Waals surface area contributed by atoms with E-state index in [0.29, 0.717) is 5.56 Å². The average Bonchev–Trinajstić information content (AvgIpc) is 2.25. The Balaban J connectivity index is 3.19. The summed E-state index contributed by atoms with van der Waals surface area (Å²) < 4.78 is 4.68. The zero-order valence-corrected chi connectivity index (χ0v) is 10.5. The summed E-state index contributed by atoms with van der Waals surface area (Å²) in [7, 11) is 1.34. The Morgan fingerprint density at radius 2 is 2.06 bits per heavy atom. The van der Waals surface area contributed by atoms with Gasteiger partial charge in [0.15, 0.2) is 0 Å². The third-order valence-corrected chi connectivity index (χ3v) is 2.24. The maximum Gasteiger partial charge on any atom is 0.338 e. The minimum atomic E-state index is -1.05. The van der Waals surface area contributed by atoms with Crippen LogP contribution in [0.15, 0.2) is 18.2 Å². The molecule has 3 heteroatoms. The van der Waals surface area contributed by atoms with Crippen LogP contribution >= 0.6 is 0 Å². The highest BCUT2D eigenvalue weighted by Gasteiger charge is 2.11. The number of carbonyl (C=O) groups excluding carboxylic acids is 1. The lowest BCUT2D eigenvalue weighted by Crippen LogP contribution is -2.14. The second-order valence-corrected chi connectivity index (χ2v) is 4.28. The van der Waals surface area contributed by atoms with Crippen molar-refractivity contribution in [2.24, 2.45) is 0 Å². The summed E-state index contributed by atoms with van der Waals surface area (Å²) in [5, 5.41) is 9.53. The van der Waals surface area contributed by atoms with Crippen molar-refractivity contribution in [2.75, 3.05) is 7.11 Å². The predicted molar refractivity (Wildman–Crippen MR) is 65.7 cm³/mol. The zero-order chi connectivity index (χ0) is 13.1. The van der Waals surface area contributed by atoms with Crippen molar-refractivity contribution >= 4 is 5.97 Å². The number of carbonyl (C=O) groups is 1. The number of aliphatic hydroxyl groups is 1. The highest BCUT2D eigenvalue weighted by molar-refractivity contribution is 5.91. The van der Waals surface area contributed by atoms with Gasteiger partial charge >= 0.3 is 5.97 Å². The smallest absolute Gasteiger partial charge is 0.338 e. The van der Waals surface area contributed by atoms with E-state index in [1.165, 1.54) is 7.11 Å². The molecule has 0 unspecified atom stereocenters. The van der Waals surface area contributed by atoms with Gasteiger partial charge in [0.25, 0.3) is 0 Å². The van der Waals surface area contributed by atoms with E-state index in [1.54, 1.807) is 39.0 Å². The average molecular weight is 232 g/mol. The molecule has 1 aromatic rings. The maximum absolute atomic E-state index is 11.5. The standard InChI is InChI=1S/C14H16O3/c1-10-11(8-9-14(2,3)16)6-5-7-12(10)13(15)17-4/h5-7,16H,1-4H3. The third kappa shape index (κ3) is 3.61. The molecule has 0 aliphatic carbocycles. The van der Waals surface area contributed by atoms with Crippen LogP contribution in [-0.2, 0) is 4.74 Å². The van der Waals surface area contributed by atoms with Crippen molar-refractivity contribution in [3.8, 4) is 11.8 Å². The summed E-state index contributed by atoms with van der Waals surface area (Å²) in [6.45, 7) is 5.03. The first kappa shape index (κ1) is 13.3. The molecule has 0 aliphatic rings. The molecule has 0 bridgehead atoms. The molecule has 0 aliphatic heterocycles. The molecule has 0 aromatic heterocycles. The van der Waals surface area contributed by atoms with Gasteiger partial charge < -0.3 is 9.84 Å². The van der Waals surface area contributed by atoms with Gasteiger partial charge in [0.2, 0.25) is 0 Å². The largest absolute Gasteiger partial charge is 0.465 e. The predicted octanol–water partition coefficient (Wildman–Crippen LogP) is 1.90. The topological polar surface area (TPSA) is 46.5 Å². The Hall–Kier alpha value is -1.79. The van der Waals surface area contributed by atoms with E-state index in [9.17, 15) is 9.90 Å². The van der Waals surface area contributed by atoms with Crippen LogP contribution in [0.4, 0.5) is 0 Å². The fourth-order valence-electron chi connectivity index (χ4n) is 1.32. The first-order valence-corrected chi connectivity index (χ1v) is 5.28. The minimum Gasteiger partial charge on any atom is -0.465 e. The van der Waals surface area contributed by atoms with Crippen LogP contribution in [0, 0.1) is 18.8 Å². The monoisotopic (exact) mass is 232 g/mol. The van der Waals surface area contributed by atoms with Crippen molar-refractivity contribution in [3.05, 3.63) is 34.9 Å². The lowest BCUT2D eigenvalue weighted by molar-refractivity contribution is 0.0600. The zero-order valence-electron chi connectivity index (χ0n) is 10.5. The van der Waals surface area contributed by atoms with Gasteiger partial charge in [-0.2, -0.15) is 0 Å². The molecule has 0 amide bonds. The summed E-state index contributed by atoms with van der Waals surface area (Å²) in [5.74, 6) is 5.20. The van der Waals surface area contributed by atoms with Crippen LogP contribution in [0.25, 0.3) is 0 Å². The van der Waals surface area contributed by atoms with Gasteiger partial charge in [-0.05, 0) is 38.5 Å². The van der Waals surface area contributed by atoms with Crippen LogP contribution in [-0.4, -0.2) is 23.8 Å². The first-order chi connectivity index (χ1) is 7.85. The molecule has 0 fully saturated rings. The number of hydrogen-bond donors (Lipinski definition) is 1. The molecule has 0 radical (unpaired) electrons. The van der Waals surface area contributed by atoms with Crippen molar-refractivity contribution in [2.45, 2.75) is 26.4 Å². The number of ether oxygens (including phenoxy) is 1. The van der Waals surface area contributed by atoms with Gasteiger partial charge in [0.1, 0.15) is 5.60 Å². The normalized spacial score (nSPS) is 10.4. The maximum atomic E-state index is 11.5. The van der Waals surface area contributed by atoms with Crippen LogP contribution in [0.1, 0.15) is 35.3 Å². The third-order valence-electron chi connectivity index (χ3n) is 2.24. The highest BCUT2D eigenvalue weighted by atomic mass is 16.5. The highest BCUT2D eigenvalue weighted by Crippen LogP contribution is 2.14. The van der Waals surface area contributed by atoms with E-state index in [-0.39, 0.29) is 5.97 Å². The molecule has 1 rings (SSSR count). The van der Waals surface area contributed by atoms with E-state index in [0.717, 1.165) is 11.1 Å². The Kier molecular flexibility index (Phi) is 3.93. The second-order valence-electron chi connectivity index (χ2n) is 4.28. The fraction of sp³-hybridized carbons (Fsp3) is 0.357. The van der Waals surface area contributed by atoms with Crippen LogP contribution < -0.4 is 0 Å². The van der Waals surface area contributed by atoms with Crippen LogP contribution in [0.2, 0.25) is 0 Å². The van der Waals surface area contributed by atoms with Gasteiger partial charge in [0, 0.05) is 5.56 Å². The molecule has 3 nitrogen and oxygen atoms in total. The number of benzene rings is 1. The van der Waals surface area contributed by atoms with Crippen molar-refractivity contribution < 1.29 is 14.6 Å². The Morgan fingerprint density at radius 1 is 1.41 bits per heavy atom. The molecular weight excluding hydrogens is 216 g/mol. The van der Waals surface area contributed by atoms with E-state index < -0.39 is 5.60 Å². The summed E-state index contributed by atoms with van der Waals surface area (Å²) in [5.41, 5.74) is 0.925. The lowest BCUT2D eigenvalue weighted by atomic mass is 10.0. The lowest BCUT2D eigenvalue weighted by Gasteiger charge is -2.08. The Labute approximate surface area is 101 Å². The molecule has 1 N–H and O–H groups in total. The quantitative estimate of drug-likeness (QED) is 0.594. The molecule has 0 saturated carbocycles. The summed E-state index contributed by atoms with van der Waals surface area (Å²) in [4.78, 5) is 11.5. The van der Waals surface area contributed by atoms with Gasteiger partial charge in [-0.25, -0.2) is 4.79 Å². The van der Waals surface area contributed by atoms with Crippen molar-refractivity contribution in [1.29, 1.82) is 0 Å². The molecular formula is C14H16O3. The molecule has 1 aromatic carbocycles. The molecule has 0 atom stereocenters.